The van der Waals surface area contributed by atoms with Crippen molar-refractivity contribution in [3.8, 4) is 5.75 Å². The molecule has 130 valence electrons. The van der Waals surface area contributed by atoms with Gasteiger partial charge in [0, 0.05) is 12.7 Å². The molecule has 8 nitrogen and oxygen atoms in total. The van der Waals surface area contributed by atoms with Crippen molar-refractivity contribution in [2.24, 2.45) is 7.05 Å². The third-order valence-corrected chi connectivity index (χ3v) is 3.64. The summed E-state index contributed by atoms with van der Waals surface area (Å²) < 4.78 is 7.58. The molecule has 0 saturated heterocycles. The molecule has 0 radical (unpaired) electrons. The highest BCUT2D eigenvalue weighted by Crippen LogP contribution is 2.23. The zero-order valence-electron chi connectivity index (χ0n) is 14.3. The Hall–Kier alpha value is -2.48. The van der Waals surface area contributed by atoms with E-state index in [-0.39, 0.29) is 18.5 Å². The Morgan fingerprint density at radius 3 is 2.88 bits per heavy atom. The summed E-state index contributed by atoms with van der Waals surface area (Å²) in [6.45, 7) is 4.31. The zero-order chi connectivity index (χ0) is 17.5. The molecular formula is C16H24N6O2. The van der Waals surface area contributed by atoms with Crippen LogP contribution in [-0.4, -0.2) is 43.7 Å². The summed E-state index contributed by atoms with van der Waals surface area (Å²) in [6, 6.07) is 1.83. The second-order valence-corrected chi connectivity index (χ2v) is 5.59. The molecule has 0 aliphatic heterocycles. The average molecular weight is 332 g/mol. The normalized spacial score (nSPS) is 12.0. The Labute approximate surface area is 141 Å². The van der Waals surface area contributed by atoms with E-state index in [1.54, 1.807) is 4.68 Å². The van der Waals surface area contributed by atoms with E-state index in [9.17, 15) is 5.11 Å². The lowest BCUT2D eigenvalue weighted by Gasteiger charge is -2.18. The third kappa shape index (κ3) is 4.51. The number of aromatic nitrogens is 4. The highest BCUT2D eigenvalue weighted by atomic mass is 16.5. The quantitative estimate of drug-likeness (QED) is 0.603. The Kier molecular flexibility index (Phi) is 6.25. The van der Waals surface area contributed by atoms with Crippen molar-refractivity contribution in [1.82, 2.24) is 19.7 Å². The molecule has 0 aliphatic carbocycles. The van der Waals surface area contributed by atoms with Gasteiger partial charge in [-0.25, -0.2) is 9.97 Å². The van der Waals surface area contributed by atoms with Gasteiger partial charge in [-0.1, -0.05) is 13.3 Å². The van der Waals surface area contributed by atoms with Crippen molar-refractivity contribution in [2.75, 3.05) is 11.9 Å². The van der Waals surface area contributed by atoms with E-state index in [1.165, 1.54) is 6.20 Å². The first-order chi connectivity index (χ1) is 11.6. The first kappa shape index (κ1) is 17.9. The largest absolute Gasteiger partial charge is 0.482 e. The van der Waals surface area contributed by atoms with Gasteiger partial charge >= 0.3 is 0 Å². The van der Waals surface area contributed by atoms with Crippen LogP contribution >= 0.6 is 0 Å². The van der Waals surface area contributed by atoms with Gasteiger partial charge in [-0.2, -0.15) is 5.10 Å². The number of rotatable bonds is 9. The molecule has 2 aromatic heterocycles. The molecule has 24 heavy (non-hydrogen) atoms. The lowest BCUT2D eigenvalue weighted by atomic mass is 10.2. The van der Waals surface area contributed by atoms with Crippen molar-refractivity contribution < 1.29 is 9.84 Å². The van der Waals surface area contributed by atoms with E-state index in [1.807, 2.05) is 27.0 Å². The average Bonchev–Trinajstić information content (AvgIpc) is 2.91. The van der Waals surface area contributed by atoms with Gasteiger partial charge in [0.2, 0.25) is 0 Å². The number of nitrogens with zero attached hydrogens (tertiary/aromatic N) is 4. The van der Waals surface area contributed by atoms with E-state index < -0.39 is 0 Å². The number of anilines is 1. The second-order valence-electron chi connectivity index (χ2n) is 5.59. The Morgan fingerprint density at radius 2 is 2.29 bits per heavy atom. The van der Waals surface area contributed by atoms with E-state index in [0.29, 0.717) is 18.2 Å². The highest BCUT2D eigenvalue weighted by Gasteiger charge is 2.14. The van der Waals surface area contributed by atoms with Crippen molar-refractivity contribution in [2.45, 2.75) is 39.3 Å². The molecule has 0 aromatic carbocycles. The van der Waals surface area contributed by atoms with Crippen LogP contribution in [0.3, 0.4) is 0 Å². The van der Waals surface area contributed by atoms with Crippen LogP contribution in [0.25, 0.3) is 0 Å². The van der Waals surface area contributed by atoms with E-state index in [4.69, 9.17) is 10.1 Å². The summed E-state index contributed by atoms with van der Waals surface area (Å²) in [5, 5.41) is 24.3. The molecule has 2 aromatic rings. The fourth-order valence-electron chi connectivity index (χ4n) is 2.27. The zero-order valence-corrected chi connectivity index (χ0v) is 14.3. The Balaban J connectivity index is 2.16. The number of aliphatic hydroxyl groups is 1. The SMILES string of the molecule is CCC[C@@H](CO)Nc1nc(C=N)ncc1OCc1cc(C)n(C)n1. The molecule has 8 heteroatoms. The number of hydrogen-bond acceptors (Lipinski definition) is 7. The van der Waals surface area contributed by atoms with Gasteiger partial charge in [0.1, 0.15) is 12.3 Å². The molecular weight excluding hydrogens is 308 g/mol. The molecule has 0 saturated carbocycles. The van der Waals surface area contributed by atoms with Crippen LogP contribution in [0.4, 0.5) is 5.82 Å². The number of nitrogens with one attached hydrogen (secondary N) is 2. The topological polar surface area (TPSA) is 109 Å². The minimum atomic E-state index is -0.122. The van der Waals surface area contributed by atoms with Crippen molar-refractivity contribution in [1.29, 1.82) is 5.41 Å². The number of aliphatic hydroxyl groups excluding tert-OH is 1. The van der Waals surface area contributed by atoms with Gasteiger partial charge in [0.05, 0.1) is 25.1 Å². The molecule has 0 amide bonds. The van der Waals surface area contributed by atoms with Crippen LogP contribution in [0.2, 0.25) is 0 Å². The van der Waals surface area contributed by atoms with Crippen LogP contribution < -0.4 is 10.1 Å². The van der Waals surface area contributed by atoms with Crippen LogP contribution in [0.15, 0.2) is 12.3 Å². The standard InChI is InChI=1S/C16H24N6O2/c1-4-5-12(9-23)19-16-14(8-18-15(7-17)20-16)24-10-13-6-11(2)22(3)21-13/h6-8,12,17,23H,4-5,9-10H2,1-3H3,(H,18,19,20)/t12-/m0/s1. The Morgan fingerprint density at radius 1 is 1.50 bits per heavy atom. The Bertz CT molecular complexity index is 666. The van der Waals surface area contributed by atoms with E-state index >= 15 is 0 Å². The van der Waals surface area contributed by atoms with Gasteiger partial charge in [-0.15, -0.1) is 0 Å². The maximum absolute atomic E-state index is 9.47. The summed E-state index contributed by atoms with van der Waals surface area (Å²) >= 11 is 0. The van der Waals surface area contributed by atoms with Crippen LogP contribution in [0, 0.1) is 12.3 Å². The fraction of sp³-hybridized carbons (Fsp3) is 0.500. The molecule has 0 fully saturated rings. The number of ether oxygens (including phenoxy) is 1. The van der Waals surface area contributed by atoms with Crippen LogP contribution in [0.1, 0.15) is 37.0 Å². The van der Waals surface area contributed by atoms with Gasteiger partial charge in [0.25, 0.3) is 0 Å². The lowest BCUT2D eigenvalue weighted by Crippen LogP contribution is -2.24. The van der Waals surface area contributed by atoms with Gasteiger partial charge in [-0.3, -0.25) is 4.68 Å². The van der Waals surface area contributed by atoms with Crippen LogP contribution in [0.5, 0.6) is 5.75 Å². The molecule has 0 spiro atoms. The third-order valence-electron chi connectivity index (χ3n) is 3.64. The molecule has 0 bridgehead atoms. The van der Waals surface area contributed by atoms with Gasteiger partial charge in [0.15, 0.2) is 17.4 Å². The maximum atomic E-state index is 9.47. The predicted molar refractivity (Wildman–Crippen MR) is 91.6 cm³/mol. The number of aryl methyl sites for hydroxylation is 2. The molecule has 0 unspecified atom stereocenters. The molecule has 2 heterocycles. The second kappa shape index (κ2) is 8.39. The maximum Gasteiger partial charge on any atom is 0.180 e. The lowest BCUT2D eigenvalue weighted by molar-refractivity contribution is 0.266. The fourth-order valence-corrected chi connectivity index (χ4v) is 2.27. The highest BCUT2D eigenvalue weighted by molar-refractivity contribution is 5.72. The van der Waals surface area contributed by atoms with E-state index in [0.717, 1.165) is 30.4 Å². The minimum Gasteiger partial charge on any atom is -0.482 e. The monoisotopic (exact) mass is 332 g/mol. The van der Waals surface area contributed by atoms with E-state index in [2.05, 4.69) is 20.4 Å². The van der Waals surface area contributed by atoms with Crippen molar-refractivity contribution >= 4 is 12.0 Å². The summed E-state index contributed by atoms with van der Waals surface area (Å²) in [5.41, 5.74) is 1.86. The first-order valence-corrected chi connectivity index (χ1v) is 7.94. The van der Waals surface area contributed by atoms with Crippen molar-refractivity contribution in [3.63, 3.8) is 0 Å². The molecule has 3 N–H and O–H groups in total. The van der Waals surface area contributed by atoms with Gasteiger partial charge in [-0.05, 0) is 19.4 Å². The summed E-state index contributed by atoms with van der Waals surface area (Å²) in [6.07, 6.45) is 4.35. The summed E-state index contributed by atoms with van der Waals surface area (Å²) in [4.78, 5) is 8.33. The molecule has 2 rings (SSSR count). The predicted octanol–water partition coefficient (Wildman–Crippen LogP) is 1.67. The smallest absolute Gasteiger partial charge is 0.180 e. The molecule has 0 aliphatic rings. The van der Waals surface area contributed by atoms with Crippen LogP contribution in [-0.2, 0) is 13.7 Å². The summed E-state index contributed by atoms with van der Waals surface area (Å²) in [7, 11) is 1.88. The van der Waals surface area contributed by atoms with Gasteiger partial charge < -0.3 is 20.6 Å². The number of hydrogen-bond donors (Lipinski definition) is 3. The van der Waals surface area contributed by atoms with Crippen molar-refractivity contribution in [3.05, 3.63) is 29.5 Å². The minimum absolute atomic E-state index is 0.00333. The summed E-state index contributed by atoms with van der Waals surface area (Å²) in [5.74, 6) is 1.23. The first-order valence-electron chi connectivity index (χ1n) is 7.94. The molecule has 1 atom stereocenters.